The van der Waals surface area contributed by atoms with Gasteiger partial charge in [0.05, 0.1) is 0 Å². The third-order valence-electron chi connectivity index (χ3n) is 1.18. The van der Waals surface area contributed by atoms with Crippen molar-refractivity contribution in [2.24, 2.45) is 0 Å². The van der Waals surface area contributed by atoms with Crippen LogP contribution in [0.25, 0.3) is 0 Å². The molecule has 0 spiro atoms. The lowest BCUT2D eigenvalue weighted by molar-refractivity contribution is -0.134. The first-order valence-electron chi connectivity index (χ1n) is 3.14. The van der Waals surface area contributed by atoms with Crippen molar-refractivity contribution < 1.29 is 27.8 Å². The SMILES string of the molecule is O=C(O)CS(=O)(=O)c1cc(O)co1. The van der Waals surface area contributed by atoms with Gasteiger partial charge < -0.3 is 14.6 Å². The third-order valence-corrected chi connectivity index (χ3v) is 2.64. The summed E-state index contributed by atoms with van der Waals surface area (Å²) < 4.78 is 26.6. The number of rotatable bonds is 3. The van der Waals surface area contributed by atoms with Crippen LogP contribution in [0, 0.1) is 0 Å². The molecule has 1 aromatic heterocycles. The molecule has 13 heavy (non-hydrogen) atoms. The molecule has 0 aliphatic rings. The fourth-order valence-electron chi connectivity index (χ4n) is 0.704. The molecule has 0 aliphatic heterocycles. The van der Waals surface area contributed by atoms with Gasteiger partial charge >= 0.3 is 5.97 Å². The van der Waals surface area contributed by atoms with Gasteiger partial charge in [0.1, 0.15) is 6.26 Å². The minimum atomic E-state index is -3.96. The largest absolute Gasteiger partial charge is 0.505 e. The van der Waals surface area contributed by atoms with Gasteiger partial charge in [-0.1, -0.05) is 0 Å². The highest BCUT2D eigenvalue weighted by molar-refractivity contribution is 7.92. The molecule has 6 nitrogen and oxygen atoms in total. The van der Waals surface area contributed by atoms with Crippen LogP contribution in [0.3, 0.4) is 0 Å². The van der Waals surface area contributed by atoms with Gasteiger partial charge in [-0.25, -0.2) is 8.42 Å². The Bertz CT molecular complexity index is 414. The first-order valence-corrected chi connectivity index (χ1v) is 4.79. The predicted molar refractivity (Wildman–Crippen MR) is 40.1 cm³/mol. The summed E-state index contributed by atoms with van der Waals surface area (Å²) in [5.41, 5.74) is 0. The molecular formula is C6H6O6S. The van der Waals surface area contributed by atoms with Crippen LogP contribution in [0.15, 0.2) is 21.8 Å². The molecule has 1 rings (SSSR count). The monoisotopic (exact) mass is 206 g/mol. The van der Waals surface area contributed by atoms with E-state index < -0.39 is 26.7 Å². The van der Waals surface area contributed by atoms with Crippen molar-refractivity contribution in [3.8, 4) is 5.75 Å². The maximum Gasteiger partial charge on any atom is 0.319 e. The summed E-state index contributed by atoms with van der Waals surface area (Å²) in [5, 5.41) is 16.4. The van der Waals surface area contributed by atoms with E-state index in [1.165, 1.54) is 0 Å². The van der Waals surface area contributed by atoms with E-state index in [9.17, 15) is 13.2 Å². The van der Waals surface area contributed by atoms with Gasteiger partial charge in [-0.05, 0) is 0 Å². The topological polar surface area (TPSA) is 105 Å². The molecule has 1 aromatic rings. The zero-order valence-corrected chi connectivity index (χ0v) is 7.11. The van der Waals surface area contributed by atoms with E-state index in [1.807, 2.05) is 0 Å². The van der Waals surface area contributed by atoms with Gasteiger partial charge in [0.2, 0.25) is 14.9 Å². The second kappa shape index (κ2) is 3.09. The molecule has 0 aliphatic carbocycles. The number of aliphatic carboxylic acids is 1. The van der Waals surface area contributed by atoms with E-state index in [-0.39, 0.29) is 5.75 Å². The average molecular weight is 206 g/mol. The fourth-order valence-corrected chi connectivity index (χ4v) is 1.67. The molecule has 1 heterocycles. The van der Waals surface area contributed by atoms with Gasteiger partial charge in [0, 0.05) is 6.07 Å². The van der Waals surface area contributed by atoms with Crippen molar-refractivity contribution in [1.82, 2.24) is 0 Å². The van der Waals surface area contributed by atoms with Crippen LogP contribution >= 0.6 is 0 Å². The molecule has 0 aromatic carbocycles. The van der Waals surface area contributed by atoms with Crippen LogP contribution in [0.5, 0.6) is 5.75 Å². The Morgan fingerprint density at radius 2 is 2.15 bits per heavy atom. The number of furan rings is 1. The first kappa shape index (κ1) is 9.59. The Labute approximate surface area is 73.3 Å². The molecule has 0 saturated carbocycles. The Kier molecular flexibility index (Phi) is 2.28. The zero-order chi connectivity index (χ0) is 10.1. The van der Waals surface area contributed by atoms with Crippen LogP contribution in [-0.4, -0.2) is 30.4 Å². The molecule has 0 fully saturated rings. The summed E-state index contributed by atoms with van der Waals surface area (Å²) in [7, 11) is -3.96. The van der Waals surface area contributed by atoms with Gasteiger partial charge in [-0.2, -0.15) is 0 Å². The minimum absolute atomic E-state index is 0.357. The molecular weight excluding hydrogens is 200 g/mol. The van der Waals surface area contributed by atoms with Crippen molar-refractivity contribution in [2.75, 3.05) is 5.75 Å². The van der Waals surface area contributed by atoms with Crippen LogP contribution in [0.2, 0.25) is 0 Å². The number of sulfone groups is 1. The number of carboxylic acids is 1. The average Bonchev–Trinajstić information content (AvgIpc) is 2.32. The van der Waals surface area contributed by atoms with Crippen molar-refractivity contribution in [1.29, 1.82) is 0 Å². The molecule has 0 radical (unpaired) electrons. The van der Waals surface area contributed by atoms with Gasteiger partial charge in [-0.15, -0.1) is 0 Å². The molecule has 2 N–H and O–H groups in total. The van der Waals surface area contributed by atoms with Crippen molar-refractivity contribution in [2.45, 2.75) is 5.09 Å². The number of carbonyl (C=O) groups is 1. The van der Waals surface area contributed by atoms with Gasteiger partial charge in [0.25, 0.3) is 0 Å². The standard InChI is InChI=1S/C6H6O6S/c7-4-1-6(12-2-4)13(10,11)3-5(8)9/h1-2,7H,3H2,(H,8,9). The van der Waals surface area contributed by atoms with Crippen molar-refractivity contribution in [3.05, 3.63) is 12.3 Å². The molecule has 0 atom stereocenters. The molecule has 0 amide bonds. The normalized spacial score (nSPS) is 11.4. The van der Waals surface area contributed by atoms with Crippen LogP contribution in [-0.2, 0) is 14.6 Å². The summed E-state index contributed by atoms with van der Waals surface area (Å²) in [6.07, 6.45) is 0.814. The lowest BCUT2D eigenvalue weighted by atomic mass is 10.6. The zero-order valence-electron chi connectivity index (χ0n) is 6.30. The molecule has 0 unspecified atom stereocenters. The summed E-state index contributed by atoms with van der Waals surface area (Å²) >= 11 is 0. The highest BCUT2D eigenvalue weighted by Crippen LogP contribution is 2.19. The fraction of sp³-hybridized carbons (Fsp3) is 0.167. The van der Waals surface area contributed by atoms with Crippen LogP contribution in [0.4, 0.5) is 0 Å². The van der Waals surface area contributed by atoms with E-state index >= 15 is 0 Å². The smallest absolute Gasteiger partial charge is 0.319 e. The second-order valence-electron chi connectivity index (χ2n) is 2.28. The minimum Gasteiger partial charge on any atom is -0.505 e. The molecule has 7 heteroatoms. The van der Waals surface area contributed by atoms with Crippen molar-refractivity contribution >= 4 is 15.8 Å². The number of carboxylic acid groups (broad SMARTS) is 1. The molecule has 0 bridgehead atoms. The summed E-state index contributed by atoms with van der Waals surface area (Å²) in [4.78, 5) is 10.1. The summed E-state index contributed by atoms with van der Waals surface area (Å²) in [5.74, 6) is -2.89. The molecule has 72 valence electrons. The highest BCUT2D eigenvalue weighted by Gasteiger charge is 2.22. The van der Waals surface area contributed by atoms with Gasteiger partial charge in [-0.3, -0.25) is 4.79 Å². The van der Waals surface area contributed by atoms with E-state index in [2.05, 4.69) is 4.42 Å². The first-order chi connectivity index (χ1) is 5.92. The molecule has 0 saturated heterocycles. The number of aromatic hydroxyl groups is 1. The van der Waals surface area contributed by atoms with Crippen LogP contribution in [0.1, 0.15) is 0 Å². The maximum absolute atomic E-state index is 11.1. The second-order valence-corrected chi connectivity index (χ2v) is 4.20. The third kappa shape index (κ3) is 2.22. The Morgan fingerprint density at radius 1 is 1.54 bits per heavy atom. The van der Waals surface area contributed by atoms with Crippen molar-refractivity contribution in [3.63, 3.8) is 0 Å². The van der Waals surface area contributed by atoms with E-state index in [0.29, 0.717) is 0 Å². The van der Waals surface area contributed by atoms with E-state index in [1.54, 1.807) is 0 Å². The number of hydrogen-bond donors (Lipinski definition) is 2. The Balaban J connectivity index is 3.01. The Morgan fingerprint density at radius 3 is 2.54 bits per heavy atom. The predicted octanol–water partition coefficient (Wildman–Crippen LogP) is -0.156. The lowest BCUT2D eigenvalue weighted by Crippen LogP contribution is -2.14. The van der Waals surface area contributed by atoms with E-state index in [0.717, 1.165) is 12.3 Å². The number of hydrogen-bond acceptors (Lipinski definition) is 5. The quantitative estimate of drug-likeness (QED) is 0.712. The van der Waals surface area contributed by atoms with Crippen LogP contribution < -0.4 is 0 Å². The summed E-state index contributed by atoms with van der Waals surface area (Å²) in [6, 6.07) is 0.846. The van der Waals surface area contributed by atoms with E-state index in [4.69, 9.17) is 10.2 Å². The highest BCUT2D eigenvalue weighted by atomic mass is 32.2. The van der Waals surface area contributed by atoms with Gasteiger partial charge in [0.15, 0.2) is 11.5 Å². The lowest BCUT2D eigenvalue weighted by Gasteiger charge is -1.94. The maximum atomic E-state index is 11.1. The summed E-state index contributed by atoms with van der Waals surface area (Å²) in [6.45, 7) is 0. The Hall–Kier alpha value is -1.50.